The summed E-state index contributed by atoms with van der Waals surface area (Å²) in [4.78, 5) is 11.5. The number of carbonyl (C=O) groups is 1. The van der Waals surface area contributed by atoms with Crippen molar-refractivity contribution in [3.63, 3.8) is 0 Å². The molecule has 0 aliphatic rings. The largest absolute Gasteiger partial charge is 0.495 e. The van der Waals surface area contributed by atoms with E-state index < -0.39 is 22.0 Å². The monoisotopic (exact) mass is 447 g/mol. The van der Waals surface area contributed by atoms with Crippen LogP contribution in [0.25, 0.3) is 0 Å². The van der Waals surface area contributed by atoms with Gasteiger partial charge in [0.1, 0.15) is 11.8 Å². The number of benzene rings is 2. The van der Waals surface area contributed by atoms with E-state index in [1.807, 2.05) is 0 Å². The van der Waals surface area contributed by atoms with Gasteiger partial charge in [0.05, 0.1) is 17.7 Å². The highest BCUT2D eigenvalue weighted by Crippen LogP contribution is 2.36. The van der Waals surface area contributed by atoms with Crippen LogP contribution in [0.2, 0.25) is 5.02 Å². The zero-order chi connectivity index (χ0) is 18.8. The summed E-state index contributed by atoms with van der Waals surface area (Å²) in [5.41, 5.74) is 0.0489. The zero-order valence-electron chi connectivity index (χ0n) is 13.3. The predicted octanol–water partition coefficient (Wildman–Crippen LogP) is 3.78. The van der Waals surface area contributed by atoms with Crippen LogP contribution in [0.5, 0.6) is 5.75 Å². The summed E-state index contributed by atoms with van der Waals surface area (Å²) in [5, 5.41) is 9.67. The summed E-state index contributed by atoms with van der Waals surface area (Å²) in [5.74, 6) is -1.11. The van der Waals surface area contributed by atoms with Gasteiger partial charge in [0.15, 0.2) is 0 Å². The quantitative estimate of drug-likeness (QED) is 0.727. The Morgan fingerprint density at radius 2 is 1.84 bits per heavy atom. The molecule has 1 N–H and O–H groups in total. The number of aliphatic carboxylic acids is 1. The molecule has 0 fully saturated rings. The molecule has 0 aliphatic heterocycles. The van der Waals surface area contributed by atoms with Crippen LogP contribution in [0.4, 0.5) is 5.69 Å². The molecule has 25 heavy (non-hydrogen) atoms. The number of halogens is 2. The van der Waals surface area contributed by atoms with Crippen molar-refractivity contribution < 1.29 is 23.1 Å². The molecule has 0 bridgehead atoms. The van der Waals surface area contributed by atoms with E-state index in [1.54, 1.807) is 12.1 Å². The molecule has 0 saturated carbocycles. The van der Waals surface area contributed by atoms with Crippen LogP contribution in [-0.4, -0.2) is 32.6 Å². The lowest BCUT2D eigenvalue weighted by atomic mass is 10.2. The summed E-state index contributed by atoms with van der Waals surface area (Å²) in [6, 6.07) is 8.89. The second-order valence-electron chi connectivity index (χ2n) is 5.09. The van der Waals surface area contributed by atoms with E-state index >= 15 is 0 Å². The van der Waals surface area contributed by atoms with Crippen molar-refractivity contribution in [3.8, 4) is 5.75 Å². The van der Waals surface area contributed by atoms with Crippen LogP contribution in [-0.2, 0) is 14.8 Å². The van der Waals surface area contributed by atoms with E-state index in [1.165, 1.54) is 44.4 Å². The molecule has 0 aromatic heterocycles. The first kappa shape index (κ1) is 19.6. The SMILES string of the molecule is COc1ccc(Cl)cc1N(C(C)C(=O)O)S(=O)(=O)c1ccc(Br)cc1. The highest BCUT2D eigenvalue weighted by atomic mass is 79.9. The van der Waals surface area contributed by atoms with Crippen LogP contribution >= 0.6 is 27.5 Å². The van der Waals surface area contributed by atoms with E-state index in [4.69, 9.17) is 16.3 Å². The third kappa shape index (κ3) is 4.08. The molecule has 0 saturated heterocycles. The van der Waals surface area contributed by atoms with Gasteiger partial charge >= 0.3 is 5.97 Å². The molecule has 134 valence electrons. The fraction of sp³-hybridized carbons (Fsp3) is 0.188. The average molecular weight is 449 g/mol. The minimum atomic E-state index is -4.17. The summed E-state index contributed by atoms with van der Waals surface area (Å²) in [6.45, 7) is 1.28. The minimum Gasteiger partial charge on any atom is -0.495 e. The lowest BCUT2D eigenvalue weighted by Crippen LogP contribution is -2.43. The van der Waals surface area contributed by atoms with Gasteiger partial charge in [-0.3, -0.25) is 0 Å². The van der Waals surface area contributed by atoms with Crippen molar-refractivity contribution >= 4 is 49.2 Å². The molecule has 1 atom stereocenters. The second-order valence-corrected chi connectivity index (χ2v) is 8.25. The zero-order valence-corrected chi connectivity index (χ0v) is 16.5. The first-order valence-electron chi connectivity index (χ1n) is 7.05. The van der Waals surface area contributed by atoms with E-state index in [2.05, 4.69) is 15.9 Å². The number of carboxylic acids is 1. The van der Waals surface area contributed by atoms with Gasteiger partial charge in [0, 0.05) is 9.50 Å². The summed E-state index contributed by atoms with van der Waals surface area (Å²) >= 11 is 9.23. The standard InChI is InChI=1S/C16H15BrClNO5S/c1-10(16(20)21)19(14-9-12(18)5-8-15(14)24-2)25(22,23)13-6-3-11(17)4-7-13/h3-10H,1-2H3,(H,20,21). The molecule has 0 heterocycles. The van der Waals surface area contributed by atoms with Crippen molar-refractivity contribution in [2.24, 2.45) is 0 Å². The van der Waals surface area contributed by atoms with Crippen LogP contribution in [0.15, 0.2) is 51.8 Å². The maximum absolute atomic E-state index is 13.1. The summed E-state index contributed by atoms with van der Waals surface area (Å²) in [7, 11) is -2.81. The number of anilines is 1. The van der Waals surface area contributed by atoms with Gasteiger partial charge in [-0.2, -0.15) is 0 Å². The van der Waals surface area contributed by atoms with Gasteiger partial charge in [-0.15, -0.1) is 0 Å². The van der Waals surface area contributed by atoms with Crippen molar-refractivity contribution in [3.05, 3.63) is 52.0 Å². The Morgan fingerprint density at radius 1 is 1.24 bits per heavy atom. The Hall–Kier alpha value is -1.77. The number of nitrogens with zero attached hydrogens (tertiary/aromatic N) is 1. The third-order valence-electron chi connectivity index (χ3n) is 3.46. The molecule has 1 unspecified atom stereocenters. The van der Waals surface area contributed by atoms with Gasteiger partial charge in [0.25, 0.3) is 10.0 Å². The Kier molecular flexibility index (Phi) is 5.97. The van der Waals surface area contributed by atoms with Gasteiger partial charge in [-0.25, -0.2) is 17.5 Å². The van der Waals surface area contributed by atoms with Crippen LogP contribution in [0.1, 0.15) is 6.92 Å². The van der Waals surface area contributed by atoms with E-state index in [0.29, 0.717) is 4.47 Å². The minimum absolute atomic E-state index is 0.0489. The number of ether oxygens (including phenoxy) is 1. The first-order valence-corrected chi connectivity index (χ1v) is 9.66. The van der Waals surface area contributed by atoms with Crippen molar-refractivity contribution in [1.82, 2.24) is 0 Å². The Morgan fingerprint density at radius 3 is 2.36 bits per heavy atom. The lowest BCUT2D eigenvalue weighted by Gasteiger charge is -2.29. The summed E-state index contributed by atoms with van der Waals surface area (Å²) < 4.78 is 32.9. The molecular formula is C16H15BrClNO5S. The second kappa shape index (κ2) is 7.63. The molecule has 2 aromatic carbocycles. The fourth-order valence-corrected chi connectivity index (χ4v) is 4.25. The molecule has 2 aromatic rings. The van der Waals surface area contributed by atoms with E-state index in [9.17, 15) is 18.3 Å². The number of hydrogen-bond donors (Lipinski definition) is 1. The Labute approximate surface area is 159 Å². The lowest BCUT2D eigenvalue weighted by molar-refractivity contribution is -0.137. The van der Waals surface area contributed by atoms with Crippen LogP contribution in [0.3, 0.4) is 0 Å². The number of methoxy groups -OCH3 is 1. The number of rotatable bonds is 6. The molecule has 0 amide bonds. The molecule has 0 radical (unpaired) electrons. The van der Waals surface area contributed by atoms with Crippen LogP contribution in [0, 0.1) is 0 Å². The van der Waals surface area contributed by atoms with Gasteiger partial charge < -0.3 is 9.84 Å². The van der Waals surface area contributed by atoms with Gasteiger partial charge in [-0.05, 0) is 49.4 Å². The maximum Gasteiger partial charge on any atom is 0.327 e. The first-order chi connectivity index (χ1) is 11.7. The fourth-order valence-electron chi connectivity index (χ4n) is 2.20. The van der Waals surface area contributed by atoms with Gasteiger partial charge in [0.2, 0.25) is 0 Å². The maximum atomic E-state index is 13.1. The molecule has 0 spiro atoms. The third-order valence-corrected chi connectivity index (χ3v) is 6.12. The molecule has 0 aliphatic carbocycles. The highest BCUT2D eigenvalue weighted by Gasteiger charge is 2.35. The molecule has 9 heteroatoms. The molecule has 6 nitrogen and oxygen atoms in total. The number of carboxylic acid groups (broad SMARTS) is 1. The summed E-state index contributed by atoms with van der Waals surface area (Å²) in [6.07, 6.45) is 0. The van der Waals surface area contributed by atoms with Crippen molar-refractivity contribution in [2.45, 2.75) is 17.9 Å². The van der Waals surface area contributed by atoms with E-state index in [-0.39, 0.29) is 21.4 Å². The number of sulfonamides is 1. The topological polar surface area (TPSA) is 83.9 Å². The molecular weight excluding hydrogens is 434 g/mol. The average Bonchev–Trinajstić information content (AvgIpc) is 2.55. The smallest absolute Gasteiger partial charge is 0.327 e. The van der Waals surface area contributed by atoms with Crippen LogP contribution < -0.4 is 9.04 Å². The predicted molar refractivity (Wildman–Crippen MR) is 98.9 cm³/mol. The highest BCUT2D eigenvalue weighted by molar-refractivity contribution is 9.10. The van der Waals surface area contributed by atoms with E-state index in [0.717, 1.165) is 4.31 Å². The molecule has 2 rings (SSSR count). The normalized spacial score (nSPS) is 12.5. The number of hydrogen-bond acceptors (Lipinski definition) is 4. The van der Waals surface area contributed by atoms with Gasteiger partial charge in [-0.1, -0.05) is 27.5 Å². The van der Waals surface area contributed by atoms with Crippen molar-refractivity contribution in [2.75, 3.05) is 11.4 Å². The Bertz CT molecular complexity index is 886. The van der Waals surface area contributed by atoms with Crippen molar-refractivity contribution in [1.29, 1.82) is 0 Å². The Balaban J connectivity index is 2.71.